The molecule has 0 radical (unpaired) electrons. The number of rotatable bonds is 3. The molecule has 3 aromatic carbocycles. The summed E-state index contributed by atoms with van der Waals surface area (Å²) in [6.07, 6.45) is 0. The second-order valence-electron chi connectivity index (χ2n) is 7.20. The first-order valence-electron chi connectivity index (χ1n) is 9.71. The summed E-state index contributed by atoms with van der Waals surface area (Å²) >= 11 is 11.7. The highest BCUT2D eigenvalue weighted by Crippen LogP contribution is 2.27. The number of hydrogen-bond acceptors (Lipinski definition) is 5. The van der Waals surface area contributed by atoms with Crippen LogP contribution in [0.15, 0.2) is 71.1 Å². The van der Waals surface area contributed by atoms with Crippen LogP contribution in [0, 0.1) is 6.92 Å². The summed E-state index contributed by atoms with van der Waals surface area (Å²) in [4.78, 5) is 14.1. The first kappa shape index (κ1) is 20.2. The third kappa shape index (κ3) is 3.93. The van der Waals surface area contributed by atoms with E-state index in [1.807, 2.05) is 49.4 Å². The quantitative estimate of drug-likeness (QED) is 0.357. The molecule has 0 saturated heterocycles. The molecule has 0 saturated carbocycles. The van der Waals surface area contributed by atoms with E-state index >= 15 is 0 Å². The number of benzene rings is 3. The molecule has 0 aliphatic carbocycles. The summed E-state index contributed by atoms with van der Waals surface area (Å²) in [5, 5.41) is 15.9. The summed E-state index contributed by atoms with van der Waals surface area (Å²) in [5.41, 5.74) is 4.39. The van der Waals surface area contributed by atoms with Crippen LogP contribution in [0.1, 0.15) is 16.1 Å². The number of aryl methyl sites for hydroxylation is 1. The maximum absolute atomic E-state index is 12.5. The first-order valence-corrected chi connectivity index (χ1v) is 10.5. The van der Waals surface area contributed by atoms with Crippen molar-refractivity contribution in [2.24, 2.45) is 0 Å². The number of hydrogen-bond donors (Lipinski definition) is 2. The monoisotopic (exact) mass is 461 g/mol. The zero-order chi connectivity index (χ0) is 22.2. The highest BCUT2D eigenvalue weighted by molar-refractivity contribution is 7.80. The molecule has 0 atom stereocenters. The number of fused-ring (bicyclic) bond motifs is 2. The number of nitrogens with zero attached hydrogens (tertiary/aromatic N) is 3. The maximum Gasteiger partial charge on any atom is 0.293 e. The molecule has 1 amide bonds. The van der Waals surface area contributed by atoms with Crippen molar-refractivity contribution in [2.45, 2.75) is 6.92 Å². The van der Waals surface area contributed by atoms with Crippen molar-refractivity contribution >= 4 is 62.5 Å². The minimum absolute atomic E-state index is 0.0858. The highest BCUT2D eigenvalue weighted by atomic mass is 35.5. The molecule has 0 fully saturated rings. The number of halogens is 1. The fourth-order valence-electron chi connectivity index (χ4n) is 3.24. The van der Waals surface area contributed by atoms with Gasteiger partial charge in [-0.25, -0.2) is 0 Å². The van der Waals surface area contributed by atoms with Gasteiger partial charge in [0.05, 0.1) is 16.4 Å². The van der Waals surface area contributed by atoms with Crippen molar-refractivity contribution in [1.82, 2.24) is 20.3 Å². The molecule has 5 aromatic rings. The number of carbonyl (C=O) groups excluding carboxylic acids is 1. The fourth-order valence-corrected chi connectivity index (χ4v) is 3.65. The molecular weight excluding hydrogens is 446 g/mol. The summed E-state index contributed by atoms with van der Waals surface area (Å²) < 4.78 is 5.57. The second-order valence-corrected chi connectivity index (χ2v) is 8.02. The molecule has 0 unspecified atom stereocenters. The molecule has 2 aromatic heterocycles. The average molecular weight is 462 g/mol. The molecule has 32 heavy (non-hydrogen) atoms. The Morgan fingerprint density at radius 1 is 1.03 bits per heavy atom. The Hall–Kier alpha value is -3.75. The van der Waals surface area contributed by atoms with E-state index in [4.69, 9.17) is 28.2 Å². The van der Waals surface area contributed by atoms with Crippen LogP contribution < -0.4 is 10.6 Å². The standard InChI is InChI=1S/C23H16ClN5O2S/c1-13-6-8-15(9-7-13)29-27-18-11-16(24)17(12-19(18)28-29)25-23(32)26-22(30)21-10-14-4-2-3-5-20(14)31-21/h2-12H,1H3,(H2,25,26,30,32). The van der Waals surface area contributed by atoms with Gasteiger partial charge in [0, 0.05) is 5.39 Å². The summed E-state index contributed by atoms with van der Waals surface area (Å²) in [5.74, 6) is -0.292. The minimum atomic E-state index is -0.457. The van der Waals surface area contributed by atoms with Crippen molar-refractivity contribution in [3.63, 3.8) is 0 Å². The van der Waals surface area contributed by atoms with E-state index in [9.17, 15) is 4.79 Å². The fraction of sp³-hybridized carbons (Fsp3) is 0.0435. The smallest absolute Gasteiger partial charge is 0.293 e. The van der Waals surface area contributed by atoms with Gasteiger partial charge >= 0.3 is 0 Å². The Labute approximate surface area is 193 Å². The predicted molar refractivity (Wildman–Crippen MR) is 129 cm³/mol. The topological polar surface area (TPSA) is 85.0 Å². The van der Waals surface area contributed by atoms with Gasteiger partial charge in [-0.2, -0.15) is 4.80 Å². The lowest BCUT2D eigenvalue weighted by atomic mass is 10.2. The van der Waals surface area contributed by atoms with E-state index in [0.29, 0.717) is 27.3 Å². The van der Waals surface area contributed by atoms with Crippen molar-refractivity contribution < 1.29 is 9.21 Å². The SMILES string of the molecule is Cc1ccc(-n2nc3cc(Cl)c(NC(=S)NC(=O)c4cc5ccccc5o4)cc3n2)cc1. The normalized spacial score (nSPS) is 11.1. The number of para-hydroxylation sites is 1. The molecule has 0 aliphatic rings. The number of furan rings is 1. The first-order chi connectivity index (χ1) is 15.5. The van der Waals surface area contributed by atoms with Crippen LogP contribution >= 0.6 is 23.8 Å². The van der Waals surface area contributed by atoms with Crippen molar-refractivity contribution in [2.75, 3.05) is 5.32 Å². The Kier molecular flexibility index (Phi) is 5.08. The van der Waals surface area contributed by atoms with E-state index in [0.717, 1.165) is 16.6 Å². The number of nitrogens with one attached hydrogen (secondary N) is 2. The van der Waals surface area contributed by atoms with E-state index in [2.05, 4.69) is 20.8 Å². The van der Waals surface area contributed by atoms with Gasteiger partial charge in [0.2, 0.25) is 0 Å². The zero-order valence-corrected chi connectivity index (χ0v) is 18.4. The van der Waals surface area contributed by atoms with Crippen LogP contribution in [0.4, 0.5) is 5.69 Å². The second kappa shape index (κ2) is 8.07. The lowest BCUT2D eigenvalue weighted by Gasteiger charge is -2.09. The van der Waals surface area contributed by atoms with Gasteiger partial charge in [-0.3, -0.25) is 10.1 Å². The summed E-state index contributed by atoms with van der Waals surface area (Å²) in [6.45, 7) is 2.02. The van der Waals surface area contributed by atoms with Crippen LogP contribution in [-0.2, 0) is 0 Å². The van der Waals surface area contributed by atoms with E-state index in [1.165, 1.54) is 0 Å². The highest BCUT2D eigenvalue weighted by Gasteiger charge is 2.15. The van der Waals surface area contributed by atoms with Crippen LogP contribution in [0.5, 0.6) is 0 Å². The molecular formula is C23H16ClN5O2S. The van der Waals surface area contributed by atoms with Gasteiger partial charge in [0.15, 0.2) is 10.9 Å². The van der Waals surface area contributed by atoms with Gasteiger partial charge in [-0.05, 0) is 55.5 Å². The molecule has 0 spiro atoms. The van der Waals surface area contributed by atoms with Gasteiger partial charge in [-0.1, -0.05) is 47.5 Å². The average Bonchev–Trinajstić information content (AvgIpc) is 3.38. The van der Waals surface area contributed by atoms with E-state index in [-0.39, 0.29) is 10.9 Å². The Balaban J connectivity index is 1.34. The molecule has 158 valence electrons. The Morgan fingerprint density at radius 2 is 1.75 bits per heavy atom. The summed E-state index contributed by atoms with van der Waals surface area (Å²) in [7, 11) is 0. The Morgan fingerprint density at radius 3 is 2.50 bits per heavy atom. The lowest BCUT2D eigenvalue weighted by Crippen LogP contribution is -2.33. The maximum atomic E-state index is 12.5. The number of anilines is 1. The molecule has 7 nitrogen and oxygen atoms in total. The van der Waals surface area contributed by atoms with Crippen molar-refractivity contribution in [3.8, 4) is 5.69 Å². The van der Waals surface area contributed by atoms with Crippen LogP contribution in [0.25, 0.3) is 27.7 Å². The number of thiocarbonyl (C=S) groups is 1. The lowest BCUT2D eigenvalue weighted by molar-refractivity contribution is 0.0953. The molecule has 0 bridgehead atoms. The predicted octanol–water partition coefficient (Wildman–Crippen LogP) is 5.26. The number of aromatic nitrogens is 3. The number of carbonyl (C=O) groups is 1. The molecule has 2 heterocycles. The van der Waals surface area contributed by atoms with Crippen molar-refractivity contribution in [3.05, 3.63) is 83.1 Å². The number of amides is 1. The molecule has 9 heteroatoms. The van der Waals surface area contributed by atoms with Gasteiger partial charge in [0.25, 0.3) is 5.91 Å². The molecule has 0 aliphatic heterocycles. The summed E-state index contributed by atoms with van der Waals surface area (Å²) in [6, 6.07) is 20.3. The largest absolute Gasteiger partial charge is 0.451 e. The van der Waals surface area contributed by atoms with Gasteiger partial charge in [0.1, 0.15) is 16.6 Å². The van der Waals surface area contributed by atoms with Crippen molar-refractivity contribution in [1.29, 1.82) is 0 Å². The van der Waals surface area contributed by atoms with Crippen LogP contribution in [-0.4, -0.2) is 26.0 Å². The van der Waals surface area contributed by atoms with Crippen LogP contribution in [0.3, 0.4) is 0 Å². The molecule has 5 rings (SSSR count). The Bertz CT molecular complexity index is 1460. The third-order valence-corrected chi connectivity index (χ3v) is 5.38. The van der Waals surface area contributed by atoms with Gasteiger partial charge in [-0.15, -0.1) is 10.2 Å². The van der Waals surface area contributed by atoms with E-state index < -0.39 is 5.91 Å². The van der Waals surface area contributed by atoms with E-state index in [1.54, 1.807) is 29.1 Å². The minimum Gasteiger partial charge on any atom is -0.451 e. The van der Waals surface area contributed by atoms with Crippen LogP contribution in [0.2, 0.25) is 5.02 Å². The third-order valence-electron chi connectivity index (χ3n) is 4.86. The van der Waals surface area contributed by atoms with Gasteiger partial charge < -0.3 is 9.73 Å². The molecule has 2 N–H and O–H groups in total. The zero-order valence-electron chi connectivity index (χ0n) is 16.8.